The Hall–Kier alpha value is -1.93. The molecule has 18 heavy (non-hydrogen) atoms. The van der Waals surface area contributed by atoms with Crippen LogP contribution in [-0.4, -0.2) is 19.9 Å². The van der Waals surface area contributed by atoms with E-state index in [1.165, 1.54) is 0 Å². The van der Waals surface area contributed by atoms with Gasteiger partial charge in [0.2, 0.25) is 0 Å². The van der Waals surface area contributed by atoms with E-state index in [1.807, 2.05) is 48.7 Å². The molecule has 2 rings (SSSR count). The minimum atomic E-state index is 0.940. The van der Waals surface area contributed by atoms with Gasteiger partial charge in [0.1, 0.15) is 0 Å². The maximum Gasteiger partial charge on any atom is 0.0698 e. The third kappa shape index (κ3) is 4.52. The van der Waals surface area contributed by atoms with Crippen molar-refractivity contribution < 1.29 is 4.74 Å². The summed E-state index contributed by atoms with van der Waals surface area (Å²) in [5, 5.41) is 0. The fraction of sp³-hybridized carbons (Fsp3) is 0.188. The van der Waals surface area contributed by atoms with E-state index >= 15 is 0 Å². The first-order chi connectivity index (χ1) is 8.79. The summed E-state index contributed by atoms with van der Waals surface area (Å²) in [5.41, 5.74) is 3.03. The molecule has 1 aliphatic heterocycles. The van der Waals surface area contributed by atoms with Crippen LogP contribution in [0.3, 0.4) is 0 Å². The van der Waals surface area contributed by atoms with Crippen molar-refractivity contribution in [2.24, 2.45) is 4.99 Å². The van der Waals surface area contributed by atoms with Gasteiger partial charge in [-0.25, -0.2) is 0 Å². The smallest absolute Gasteiger partial charge is 0.0698 e. The van der Waals surface area contributed by atoms with Gasteiger partial charge in [-0.05, 0) is 18.1 Å². The number of allylic oxidation sites excluding steroid dienone is 4. The minimum Gasteiger partial charge on any atom is -0.388 e. The molecule has 0 unspecified atom stereocenters. The zero-order valence-electron chi connectivity index (χ0n) is 11.0. The van der Waals surface area contributed by atoms with Gasteiger partial charge in [0, 0.05) is 26.0 Å². The van der Waals surface area contributed by atoms with Crippen molar-refractivity contribution in [3.05, 3.63) is 66.9 Å². The fourth-order valence-electron chi connectivity index (χ4n) is 1.46. The van der Waals surface area contributed by atoms with Crippen molar-refractivity contribution in [3.8, 4) is 0 Å². The van der Waals surface area contributed by atoms with E-state index in [-0.39, 0.29) is 0 Å². The number of nitrogens with zero attached hydrogens (tertiary/aromatic N) is 1. The molecular formula is C16H19NO. The minimum absolute atomic E-state index is 0.940. The lowest BCUT2D eigenvalue weighted by Crippen LogP contribution is -1.96. The molecule has 2 nitrogen and oxygen atoms in total. The number of hydrogen-bond acceptors (Lipinski definition) is 2. The largest absolute Gasteiger partial charge is 0.388 e. The summed E-state index contributed by atoms with van der Waals surface area (Å²) in [4.78, 5) is 4.35. The molecule has 0 fully saturated rings. The normalized spacial score (nSPS) is 13.1. The topological polar surface area (TPSA) is 21.6 Å². The Bertz CT molecular complexity index is 455. The lowest BCUT2D eigenvalue weighted by atomic mass is 10.0. The van der Waals surface area contributed by atoms with E-state index in [0.717, 1.165) is 23.3 Å². The summed E-state index contributed by atoms with van der Waals surface area (Å²) in [7, 11) is 3.25. The van der Waals surface area contributed by atoms with Crippen LogP contribution in [0, 0.1) is 0 Å². The SMILES string of the molecule is C=C(C1=NC=CCC=C1)c1ccccc1.COC. The zero-order chi connectivity index (χ0) is 13.2. The van der Waals surface area contributed by atoms with E-state index in [1.54, 1.807) is 14.2 Å². The average Bonchev–Trinajstić information content (AvgIpc) is 2.69. The maximum absolute atomic E-state index is 4.35. The molecule has 1 aromatic rings. The van der Waals surface area contributed by atoms with Gasteiger partial charge in [-0.1, -0.05) is 49.1 Å². The first kappa shape index (κ1) is 14.1. The first-order valence-corrected chi connectivity index (χ1v) is 5.83. The quantitative estimate of drug-likeness (QED) is 0.770. The Labute approximate surface area is 109 Å². The summed E-state index contributed by atoms with van der Waals surface area (Å²) in [6.07, 6.45) is 8.92. The molecule has 0 N–H and O–H groups in total. The lowest BCUT2D eigenvalue weighted by Gasteiger charge is -2.04. The summed E-state index contributed by atoms with van der Waals surface area (Å²) in [5.74, 6) is 0. The monoisotopic (exact) mass is 241 g/mol. The molecule has 1 aliphatic rings. The Balaban J connectivity index is 0.000000492. The van der Waals surface area contributed by atoms with Crippen molar-refractivity contribution in [1.82, 2.24) is 0 Å². The maximum atomic E-state index is 4.35. The molecule has 1 aromatic carbocycles. The van der Waals surface area contributed by atoms with Crippen LogP contribution in [0.2, 0.25) is 0 Å². The number of rotatable bonds is 2. The van der Waals surface area contributed by atoms with Crippen LogP contribution in [0.15, 0.2) is 66.3 Å². The van der Waals surface area contributed by atoms with Crippen molar-refractivity contribution >= 4 is 11.3 Å². The Morgan fingerprint density at radius 1 is 1.17 bits per heavy atom. The molecular weight excluding hydrogens is 222 g/mol. The highest BCUT2D eigenvalue weighted by molar-refractivity contribution is 6.28. The predicted octanol–water partition coefficient (Wildman–Crippen LogP) is 3.88. The fourth-order valence-corrected chi connectivity index (χ4v) is 1.46. The second-order valence-electron chi connectivity index (χ2n) is 3.79. The van der Waals surface area contributed by atoms with Crippen LogP contribution >= 0.6 is 0 Å². The van der Waals surface area contributed by atoms with Crippen LogP contribution in [0.4, 0.5) is 0 Å². The second kappa shape index (κ2) is 8.20. The standard InChI is InChI=1S/C14H13N.C2H6O/c1-12(13-8-4-2-5-9-13)14-10-6-3-7-11-15-14;1-3-2/h2,4-11H,1,3H2;1-2H3. The molecule has 0 saturated heterocycles. The number of benzene rings is 1. The Morgan fingerprint density at radius 2 is 1.83 bits per heavy atom. The van der Waals surface area contributed by atoms with Crippen molar-refractivity contribution in [1.29, 1.82) is 0 Å². The number of ether oxygens (including phenoxy) is 1. The Morgan fingerprint density at radius 3 is 2.50 bits per heavy atom. The third-order valence-corrected chi connectivity index (χ3v) is 2.30. The highest BCUT2D eigenvalue weighted by Gasteiger charge is 2.03. The van der Waals surface area contributed by atoms with Gasteiger partial charge in [0.25, 0.3) is 0 Å². The summed E-state index contributed by atoms with van der Waals surface area (Å²) in [6, 6.07) is 10.1. The highest BCUT2D eigenvalue weighted by Crippen LogP contribution is 2.15. The van der Waals surface area contributed by atoms with Crippen LogP contribution in [-0.2, 0) is 4.74 Å². The van der Waals surface area contributed by atoms with Crippen LogP contribution in [0.25, 0.3) is 5.57 Å². The van der Waals surface area contributed by atoms with E-state index < -0.39 is 0 Å². The molecule has 0 atom stereocenters. The first-order valence-electron chi connectivity index (χ1n) is 5.83. The van der Waals surface area contributed by atoms with Gasteiger partial charge in [-0.15, -0.1) is 0 Å². The number of methoxy groups -OCH3 is 1. The van der Waals surface area contributed by atoms with Gasteiger partial charge in [0.15, 0.2) is 0 Å². The predicted molar refractivity (Wildman–Crippen MR) is 78.7 cm³/mol. The lowest BCUT2D eigenvalue weighted by molar-refractivity contribution is 0.277. The van der Waals surface area contributed by atoms with Gasteiger partial charge in [0.05, 0.1) is 5.71 Å². The molecule has 94 valence electrons. The molecule has 0 spiro atoms. The van der Waals surface area contributed by atoms with Gasteiger partial charge < -0.3 is 4.74 Å². The number of hydrogen-bond donors (Lipinski definition) is 0. The average molecular weight is 241 g/mol. The summed E-state index contributed by atoms with van der Waals surface area (Å²) in [6.45, 7) is 4.07. The van der Waals surface area contributed by atoms with E-state index in [2.05, 4.69) is 22.4 Å². The van der Waals surface area contributed by atoms with E-state index in [4.69, 9.17) is 0 Å². The van der Waals surface area contributed by atoms with Crippen molar-refractivity contribution in [2.75, 3.05) is 14.2 Å². The van der Waals surface area contributed by atoms with Gasteiger partial charge in [-0.2, -0.15) is 0 Å². The number of aliphatic imine (C=N–C) groups is 1. The molecule has 0 bridgehead atoms. The molecule has 0 radical (unpaired) electrons. The van der Waals surface area contributed by atoms with Gasteiger partial charge in [-0.3, -0.25) is 4.99 Å². The molecule has 1 heterocycles. The molecule has 0 amide bonds. The third-order valence-electron chi connectivity index (χ3n) is 2.30. The van der Waals surface area contributed by atoms with E-state index in [0.29, 0.717) is 0 Å². The molecule has 2 heteroatoms. The Kier molecular flexibility index (Phi) is 6.44. The highest BCUT2D eigenvalue weighted by atomic mass is 16.4. The summed E-state index contributed by atoms with van der Waals surface area (Å²) < 4.78 is 4.25. The molecule has 0 saturated carbocycles. The summed E-state index contributed by atoms with van der Waals surface area (Å²) >= 11 is 0. The molecule has 0 aliphatic carbocycles. The zero-order valence-corrected chi connectivity index (χ0v) is 11.0. The van der Waals surface area contributed by atoms with Crippen molar-refractivity contribution in [3.63, 3.8) is 0 Å². The van der Waals surface area contributed by atoms with Crippen molar-refractivity contribution in [2.45, 2.75) is 6.42 Å². The molecule has 0 aromatic heterocycles. The second-order valence-corrected chi connectivity index (χ2v) is 3.79. The van der Waals surface area contributed by atoms with Crippen LogP contribution in [0.1, 0.15) is 12.0 Å². The van der Waals surface area contributed by atoms with Crippen LogP contribution < -0.4 is 0 Å². The van der Waals surface area contributed by atoms with Gasteiger partial charge >= 0.3 is 0 Å². The van der Waals surface area contributed by atoms with Crippen LogP contribution in [0.5, 0.6) is 0 Å². The van der Waals surface area contributed by atoms with E-state index in [9.17, 15) is 0 Å².